The quantitative estimate of drug-likeness (QED) is 0.534. The molecule has 8 nitrogen and oxygen atoms in total. The molecule has 3 N–H and O–H groups in total. The number of carboxylic acids is 1. The lowest BCUT2D eigenvalue weighted by Gasteiger charge is -2.48. The molecular formula is C11H17N3O5. The third kappa shape index (κ3) is 3.21. The Kier molecular flexibility index (Phi) is 3.72. The van der Waals surface area contributed by atoms with Gasteiger partial charge < -0.3 is 20.1 Å². The van der Waals surface area contributed by atoms with Gasteiger partial charge in [-0.1, -0.05) is 0 Å². The van der Waals surface area contributed by atoms with Crippen molar-refractivity contribution < 1.29 is 24.2 Å². The lowest BCUT2D eigenvalue weighted by Crippen LogP contribution is -2.68. The zero-order valence-corrected chi connectivity index (χ0v) is 10.6. The summed E-state index contributed by atoms with van der Waals surface area (Å²) < 4.78 is 5.23. The van der Waals surface area contributed by atoms with Crippen LogP contribution in [0.3, 0.4) is 0 Å². The van der Waals surface area contributed by atoms with Crippen molar-refractivity contribution in [3.63, 3.8) is 0 Å². The lowest BCUT2D eigenvalue weighted by atomic mass is 9.95. The van der Waals surface area contributed by atoms with E-state index in [1.165, 1.54) is 0 Å². The minimum atomic E-state index is -1.03. The summed E-state index contributed by atoms with van der Waals surface area (Å²) >= 11 is 0. The van der Waals surface area contributed by atoms with Crippen LogP contribution in [0.5, 0.6) is 0 Å². The molecule has 8 heteroatoms. The van der Waals surface area contributed by atoms with E-state index in [-0.39, 0.29) is 31.5 Å². The number of aliphatic carboxylic acids is 1. The van der Waals surface area contributed by atoms with Crippen molar-refractivity contribution in [2.75, 3.05) is 32.8 Å². The fraction of sp³-hybridized carbons (Fsp3) is 0.727. The van der Waals surface area contributed by atoms with E-state index in [0.29, 0.717) is 13.1 Å². The molecule has 0 aliphatic carbocycles. The summed E-state index contributed by atoms with van der Waals surface area (Å²) in [4.78, 5) is 35.0. The average molecular weight is 271 g/mol. The van der Waals surface area contributed by atoms with Gasteiger partial charge in [-0.3, -0.25) is 14.9 Å². The lowest BCUT2D eigenvalue weighted by molar-refractivity contribution is -0.174. The topological polar surface area (TPSA) is 108 Å². The van der Waals surface area contributed by atoms with Gasteiger partial charge in [-0.15, -0.1) is 0 Å². The van der Waals surface area contributed by atoms with Crippen molar-refractivity contribution in [2.45, 2.75) is 18.6 Å². The van der Waals surface area contributed by atoms with Gasteiger partial charge in [0.25, 0.3) is 0 Å². The maximum absolute atomic E-state index is 12.1. The van der Waals surface area contributed by atoms with Crippen LogP contribution in [0.25, 0.3) is 0 Å². The van der Waals surface area contributed by atoms with Crippen molar-refractivity contribution in [1.82, 2.24) is 15.5 Å². The summed E-state index contributed by atoms with van der Waals surface area (Å²) in [5.74, 6) is -1.25. The summed E-state index contributed by atoms with van der Waals surface area (Å²) in [6.45, 7) is 2.56. The number of likely N-dealkylation sites (tertiary alicyclic amines) is 1. The van der Waals surface area contributed by atoms with E-state index in [9.17, 15) is 14.4 Å². The second kappa shape index (κ2) is 5.14. The maximum atomic E-state index is 12.1. The fourth-order valence-electron chi connectivity index (χ4n) is 2.21. The number of hydrogen-bond acceptors (Lipinski definition) is 5. The van der Waals surface area contributed by atoms with Crippen LogP contribution in [0.4, 0.5) is 0 Å². The molecule has 1 atom stereocenters. The second-order valence-corrected chi connectivity index (χ2v) is 5.06. The molecule has 1 unspecified atom stereocenters. The van der Waals surface area contributed by atoms with Crippen LogP contribution in [0.2, 0.25) is 0 Å². The van der Waals surface area contributed by atoms with Crippen molar-refractivity contribution >= 4 is 17.8 Å². The summed E-state index contributed by atoms with van der Waals surface area (Å²) in [5.41, 5.74) is -0.591. The first-order chi connectivity index (χ1) is 8.89. The molecule has 2 aliphatic heterocycles. The molecule has 19 heavy (non-hydrogen) atoms. The Hall–Kier alpha value is -1.67. The summed E-state index contributed by atoms with van der Waals surface area (Å²) in [5, 5.41) is 14.0. The van der Waals surface area contributed by atoms with Gasteiger partial charge in [0.05, 0.1) is 19.6 Å². The van der Waals surface area contributed by atoms with Gasteiger partial charge in [0, 0.05) is 6.54 Å². The molecule has 0 aromatic rings. The average Bonchev–Trinajstić information content (AvgIpc) is 2.33. The van der Waals surface area contributed by atoms with E-state index < -0.39 is 17.6 Å². The minimum Gasteiger partial charge on any atom is -0.480 e. The van der Waals surface area contributed by atoms with E-state index in [2.05, 4.69) is 10.6 Å². The van der Waals surface area contributed by atoms with Gasteiger partial charge in [0.1, 0.15) is 18.2 Å². The van der Waals surface area contributed by atoms with E-state index in [1.54, 1.807) is 11.8 Å². The number of carbonyl (C=O) groups is 3. The molecule has 2 fully saturated rings. The van der Waals surface area contributed by atoms with Crippen LogP contribution in [0.1, 0.15) is 6.92 Å². The number of nitrogens with one attached hydrogen (secondary N) is 2. The summed E-state index contributed by atoms with van der Waals surface area (Å²) in [7, 11) is 0. The monoisotopic (exact) mass is 271 g/mol. The van der Waals surface area contributed by atoms with Crippen molar-refractivity contribution in [3.05, 3.63) is 0 Å². The highest BCUT2D eigenvalue weighted by atomic mass is 16.5. The highest BCUT2D eigenvalue weighted by Crippen LogP contribution is 2.25. The van der Waals surface area contributed by atoms with Crippen LogP contribution in [-0.2, 0) is 19.1 Å². The number of piperazine rings is 1. The molecular weight excluding hydrogens is 254 g/mol. The molecule has 2 aliphatic rings. The predicted octanol–water partition coefficient (Wildman–Crippen LogP) is -2.22. The second-order valence-electron chi connectivity index (χ2n) is 5.06. The Morgan fingerprint density at radius 2 is 2.21 bits per heavy atom. The van der Waals surface area contributed by atoms with Gasteiger partial charge >= 0.3 is 5.97 Å². The number of hydrogen-bond donors (Lipinski definition) is 3. The maximum Gasteiger partial charge on any atom is 0.329 e. The predicted molar refractivity (Wildman–Crippen MR) is 63.4 cm³/mol. The van der Waals surface area contributed by atoms with Crippen LogP contribution in [0, 0.1) is 0 Å². The Labute approximate surface area is 110 Å². The van der Waals surface area contributed by atoms with E-state index in [1.807, 2.05) is 0 Å². The van der Waals surface area contributed by atoms with Gasteiger partial charge in [-0.05, 0) is 6.92 Å². The van der Waals surface area contributed by atoms with Gasteiger partial charge in [-0.2, -0.15) is 0 Å². The molecule has 0 bridgehead atoms. The number of rotatable bonds is 4. The highest BCUT2D eigenvalue weighted by Gasteiger charge is 2.44. The van der Waals surface area contributed by atoms with Crippen LogP contribution < -0.4 is 10.6 Å². The Bertz CT molecular complexity index is 395. The minimum absolute atomic E-state index is 0.101. The first-order valence-corrected chi connectivity index (χ1v) is 6.04. The van der Waals surface area contributed by atoms with Crippen molar-refractivity contribution in [3.8, 4) is 0 Å². The zero-order chi connectivity index (χ0) is 14.0. The normalized spacial score (nSPS) is 25.4. The van der Waals surface area contributed by atoms with Gasteiger partial charge in [0.15, 0.2) is 0 Å². The molecule has 2 rings (SSSR count). The molecule has 106 valence electrons. The Morgan fingerprint density at radius 3 is 2.74 bits per heavy atom. The number of carbonyl (C=O) groups excluding carboxylic acids is 2. The molecule has 0 radical (unpaired) electrons. The van der Waals surface area contributed by atoms with Crippen LogP contribution >= 0.6 is 0 Å². The SMILES string of the molecule is CC1(OCC(=O)O)CN(C(=O)C2CNC(=O)CN2)C1. The highest BCUT2D eigenvalue weighted by molar-refractivity contribution is 5.87. The van der Waals surface area contributed by atoms with E-state index in [0.717, 1.165) is 0 Å². The molecule has 2 heterocycles. The van der Waals surface area contributed by atoms with Gasteiger partial charge in [-0.25, -0.2) is 4.79 Å². The molecule has 0 aromatic heterocycles. The smallest absolute Gasteiger partial charge is 0.329 e. The van der Waals surface area contributed by atoms with E-state index >= 15 is 0 Å². The first kappa shape index (κ1) is 13.8. The zero-order valence-electron chi connectivity index (χ0n) is 10.6. The van der Waals surface area contributed by atoms with Crippen LogP contribution in [0.15, 0.2) is 0 Å². The molecule has 2 saturated heterocycles. The van der Waals surface area contributed by atoms with Crippen molar-refractivity contribution in [2.24, 2.45) is 0 Å². The van der Waals surface area contributed by atoms with Crippen LogP contribution in [-0.4, -0.2) is 72.2 Å². The number of ether oxygens (including phenoxy) is 1. The molecule has 0 aromatic carbocycles. The Balaban J connectivity index is 1.78. The fourth-order valence-corrected chi connectivity index (χ4v) is 2.21. The molecule has 0 saturated carbocycles. The number of nitrogens with zero attached hydrogens (tertiary/aromatic N) is 1. The summed E-state index contributed by atoms with van der Waals surface area (Å²) in [6.07, 6.45) is 0. The summed E-state index contributed by atoms with van der Waals surface area (Å²) in [6, 6.07) is -0.415. The third-order valence-corrected chi connectivity index (χ3v) is 3.22. The first-order valence-electron chi connectivity index (χ1n) is 6.04. The Morgan fingerprint density at radius 1 is 1.53 bits per heavy atom. The van der Waals surface area contributed by atoms with Crippen molar-refractivity contribution in [1.29, 1.82) is 0 Å². The standard InChI is InChI=1S/C11H17N3O5/c1-11(19-4-9(16)17)5-14(6-11)10(18)7-2-13-8(15)3-12-7/h7,12H,2-6H2,1H3,(H,13,15)(H,16,17). The number of carboxylic acid groups (broad SMARTS) is 1. The van der Waals surface area contributed by atoms with Gasteiger partial charge in [0.2, 0.25) is 11.8 Å². The third-order valence-electron chi connectivity index (χ3n) is 3.22. The van der Waals surface area contributed by atoms with E-state index in [4.69, 9.17) is 9.84 Å². The molecule has 2 amide bonds. The largest absolute Gasteiger partial charge is 0.480 e. The molecule has 0 spiro atoms. The number of amides is 2.